The molecular weight excluding hydrogens is 340 g/mol. The fraction of sp³-hybridized carbons (Fsp3) is 0.0500. The number of nitrogen functional groups attached to an aromatic ring is 1. The second-order valence-electron chi connectivity index (χ2n) is 6.05. The number of fused-ring (bicyclic) bond motifs is 1. The summed E-state index contributed by atoms with van der Waals surface area (Å²) in [7, 11) is 0. The van der Waals surface area contributed by atoms with E-state index < -0.39 is 0 Å². The van der Waals surface area contributed by atoms with Crippen molar-refractivity contribution in [3.63, 3.8) is 0 Å². The molecule has 27 heavy (non-hydrogen) atoms. The molecule has 0 saturated carbocycles. The predicted molar refractivity (Wildman–Crippen MR) is 106 cm³/mol. The summed E-state index contributed by atoms with van der Waals surface area (Å²) in [6.07, 6.45) is 3.30. The number of rotatable bonds is 5. The van der Waals surface area contributed by atoms with Crippen LogP contribution in [0.5, 0.6) is 0 Å². The minimum Gasteiger partial charge on any atom is -0.382 e. The van der Waals surface area contributed by atoms with Gasteiger partial charge in [0.2, 0.25) is 0 Å². The van der Waals surface area contributed by atoms with Gasteiger partial charge < -0.3 is 21.4 Å². The van der Waals surface area contributed by atoms with Gasteiger partial charge in [-0.15, -0.1) is 0 Å². The molecule has 0 aliphatic heterocycles. The summed E-state index contributed by atoms with van der Waals surface area (Å²) in [5, 5.41) is 7.08. The van der Waals surface area contributed by atoms with Crippen LogP contribution in [0.3, 0.4) is 0 Å². The van der Waals surface area contributed by atoms with Crippen LogP contribution in [0.25, 0.3) is 10.9 Å². The molecule has 1 amide bonds. The number of hydrogen-bond donors (Lipinski definition) is 4. The fourth-order valence-electron chi connectivity index (χ4n) is 2.80. The number of pyridine rings is 2. The van der Waals surface area contributed by atoms with Crippen molar-refractivity contribution in [2.75, 3.05) is 16.4 Å². The van der Waals surface area contributed by atoms with Crippen LogP contribution in [0.2, 0.25) is 0 Å². The molecule has 5 N–H and O–H groups in total. The first-order valence-corrected chi connectivity index (χ1v) is 8.47. The van der Waals surface area contributed by atoms with E-state index in [4.69, 9.17) is 5.73 Å². The summed E-state index contributed by atoms with van der Waals surface area (Å²) in [6, 6.07) is 16.8. The van der Waals surface area contributed by atoms with E-state index >= 15 is 0 Å². The van der Waals surface area contributed by atoms with Gasteiger partial charge >= 0.3 is 0 Å². The first kappa shape index (κ1) is 16.6. The average Bonchev–Trinajstić information content (AvgIpc) is 3.12. The Morgan fingerprint density at radius 2 is 1.93 bits per heavy atom. The third-order valence-corrected chi connectivity index (χ3v) is 4.15. The van der Waals surface area contributed by atoms with E-state index in [1.54, 1.807) is 18.5 Å². The summed E-state index contributed by atoms with van der Waals surface area (Å²) in [6.45, 7) is 0.464. The quantitative estimate of drug-likeness (QED) is 0.437. The molecule has 0 aliphatic rings. The van der Waals surface area contributed by atoms with Crippen molar-refractivity contribution in [3.05, 3.63) is 78.4 Å². The Balaban J connectivity index is 1.45. The minimum absolute atomic E-state index is 0.201. The Morgan fingerprint density at radius 3 is 2.78 bits per heavy atom. The van der Waals surface area contributed by atoms with E-state index in [1.165, 1.54) is 0 Å². The highest BCUT2D eigenvalue weighted by atomic mass is 16.1. The maximum Gasteiger partial charge on any atom is 0.272 e. The molecule has 0 radical (unpaired) electrons. The van der Waals surface area contributed by atoms with Gasteiger partial charge in [0.1, 0.15) is 11.5 Å². The number of nitrogens with one attached hydrogen (secondary N) is 3. The number of anilines is 3. The number of H-pyrrole nitrogens is 1. The number of benzene rings is 1. The van der Waals surface area contributed by atoms with E-state index in [0.717, 1.165) is 22.3 Å². The number of carbonyl (C=O) groups is 1. The van der Waals surface area contributed by atoms with Gasteiger partial charge in [-0.1, -0.05) is 18.2 Å². The second-order valence-corrected chi connectivity index (χ2v) is 6.05. The normalized spacial score (nSPS) is 10.7. The lowest BCUT2D eigenvalue weighted by atomic mass is 10.2. The molecule has 0 fully saturated rings. The van der Waals surface area contributed by atoms with Crippen LogP contribution in [0, 0.1) is 0 Å². The van der Waals surface area contributed by atoms with E-state index in [0.29, 0.717) is 23.7 Å². The van der Waals surface area contributed by atoms with Gasteiger partial charge in [0.25, 0.3) is 5.91 Å². The van der Waals surface area contributed by atoms with Gasteiger partial charge in [-0.2, -0.15) is 0 Å². The molecule has 0 atom stereocenters. The molecule has 4 rings (SSSR count). The molecule has 0 bridgehead atoms. The Labute approximate surface area is 155 Å². The minimum atomic E-state index is -0.201. The zero-order chi connectivity index (χ0) is 18.6. The highest BCUT2D eigenvalue weighted by Crippen LogP contribution is 2.18. The highest BCUT2D eigenvalue weighted by Gasteiger charge is 2.10. The molecule has 0 unspecified atom stereocenters. The van der Waals surface area contributed by atoms with Crippen molar-refractivity contribution < 1.29 is 4.79 Å². The van der Waals surface area contributed by atoms with Crippen molar-refractivity contribution in [2.45, 2.75) is 6.54 Å². The zero-order valence-electron chi connectivity index (χ0n) is 14.4. The first-order valence-electron chi connectivity index (χ1n) is 8.47. The monoisotopic (exact) mass is 358 g/mol. The van der Waals surface area contributed by atoms with Crippen LogP contribution in [-0.2, 0) is 6.54 Å². The number of hydrogen-bond acceptors (Lipinski definition) is 5. The molecule has 0 spiro atoms. The smallest absolute Gasteiger partial charge is 0.272 e. The molecular formula is C20H18N6O. The van der Waals surface area contributed by atoms with E-state index in [1.807, 2.05) is 48.5 Å². The Kier molecular flexibility index (Phi) is 4.40. The van der Waals surface area contributed by atoms with Gasteiger partial charge in [0.15, 0.2) is 0 Å². The summed E-state index contributed by atoms with van der Waals surface area (Å²) < 4.78 is 0. The maximum absolute atomic E-state index is 12.5. The number of para-hydroxylation sites is 1. The molecule has 0 saturated heterocycles. The summed E-state index contributed by atoms with van der Waals surface area (Å²) in [4.78, 5) is 24.0. The third-order valence-electron chi connectivity index (χ3n) is 4.15. The van der Waals surface area contributed by atoms with E-state index in [9.17, 15) is 4.79 Å². The molecule has 134 valence electrons. The summed E-state index contributed by atoms with van der Waals surface area (Å²) in [5.74, 6) is 0.230. The van der Waals surface area contributed by atoms with Gasteiger partial charge in [-0.25, -0.2) is 4.98 Å². The van der Waals surface area contributed by atoms with Gasteiger partial charge in [0.05, 0.1) is 17.9 Å². The summed E-state index contributed by atoms with van der Waals surface area (Å²) in [5.41, 5.74) is 9.44. The average molecular weight is 358 g/mol. The molecule has 3 aromatic heterocycles. The van der Waals surface area contributed by atoms with Crippen molar-refractivity contribution in [1.82, 2.24) is 15.0 Å². The molecule has 3 heterocycles. The van der Waals surface area contributed by atoms with Crippen LogP contribution in [0.1, 0.15) is 16.2 Å². The Hall–Kier alpha value is -3.87. The fourth-order valence-corrected chi connectivity index (χ4v) is 2.80. The van der Waals surface area contributed by atoms with E-state index in [2.05, 4.69) is 25.6 Å². The van der Waals surface area contributed by atoms with Crippen molar-refractivity contribution in [2.24, 2.45) is 0 Å². The summed E-state index contributed by atoms with van der Waals surface area (Å²) >= 11 is 0. The number of aromatic nitrogens is 3. The van der Waals surface area contributed by atoms with Crippen LogP contribution < -0.4 is 16.4 Å². The predicted octanol–water partition coefficient (Wildman–Crippen LogP) is 3.40. The Bertz CT molecular complexity index is 1070. The van der Waals surface area contributed by atoms with Crippen LogP contribution >= 0.6 is 0 Å². The zero-order valence-corrected chi connectivity index (χ0v) is 14.4. The van der Waals surface area contributed by atoms with Gasteiger partial charge in [-0.05, 0) is 36.4 Å². The lowest BCUT2D eigenvalue weighted by Gasteiger charge is -2.09. The molecule has 7 heteroatoms. The van der Waals surface area contributed by atoms with Crippen molar-refractivity contribution >= 4 is 34.0 Å². The van der Waals surface area contributed by atoms with Crippen LogP contribution in [0.15, 0.2) is 67.0 Å². The first-order chi connectivity index (χ1) is 13.2. The lowest BCUT2D eigenvalue weighted by Crippen LogP contribution is -2.13. The number of aromatic amines is 1. The maximum atomic E-state index is 12.5. The number of nitrogens with zero attached hydrogens (tertiary/aromatic N) is 2. The lowest BCUT2D eigenvalue weighted by molar-refractivity contribution is 0.102. The molecule has 7 nitrogen and oxygen atoms in total. The largest absolute Gasteiger partial charge is 0.382 e. The van der Waals surface area contributed by atoms with Crippen molar-refractivity contribution in [1.29, 1.82) is 0 Å². The molecule has 1 aromatic carbocycles. The number of carbonyl (C=O) groups excluding carboxylic acids is 1. The molecule has 4 aromatic rings. The highest BCUT2D eigenvalue weighted by molar-refractivity contribution is 6.05. The SMILES string of the molecule is Nc1ncccc1NCc1cc(NC(=O)c2cc3ccccc3[nH]2)ccn1. The van der Waals surface area contributed by atoms with Crippen LogP contribution in [-0.4, -0.2) is 20.9 Å². The van der Waals surface area contributed by atoms with Gasteiger partial charge in [0, 0.05) is 29.0 Å². The van der Waals surface area contributed by atoms with Crippen molar-refractivity contribution in [3.8, 4) is 0 Å². The van der Waals surface area contributed by atoms with Gasteiger partial charge in [-0.3, -0.25) is 9.78 Å². The van der Waals surface area contributed by atoms with Crippen LogP contribution in [0.4, 0.5) is 17.2 Å². The Morgan fingerprint density at radius 1 is 1.04 bits per heavy atom. The number of amides is 1. The second kappa shape index (κ2) is 7.17. The topological polar surface area (TPSA) is 109 Å². The number of nitrogens with two attached hydrogens (primary N) is 1. The third kappa shape index (κ3) is 3.72. The molecule has 0 aliphatic carbocycles. The standard InChI is InChI=1S/C20H18N6O/c21-19-17(6-3-8-23-19)24-12-15-11-14(7-9-22-15)25-20(27)18-10-13-4-1-2-5-16(13)26-18/h1-11,24,26H,12H2,(H2,21,23)(H,22,25,27). The van der Waals surface area contributed by atoms with E-state index in [-0.39, 0.29) is 5.91 Å².